The van der Waals surface area contributed by atoms with Gasteiger partial charge < -0.3 is 4.90 Å². The molecule has 1 aromatic heterocycles. The fraction of sp³-hybridized carbons (Fsp3) is 0.375. The molecule has 0 radical (unpaired) electrons. The molecule has 1 aliphatic heterocycles. The molecule has 0 bridgehead atoms. The molecule has 1 aromatic carbocycles. The predicted molar refractivity (Wildman–Crippen MR) is 85.1 cm³/mol. The van der Waals surface area contributed by atoms with Crippen LogP contribution in [0.25, 0.3) is 0 Å². The molecule has 2 aromatic rings. The smallest absolute Gasteiger partial charge is 0.334 e. The van der Waals surface area contributed by atoms with Crippen molar-refractivity contribution in [1.82, 2.24) is 9.97 Å². The molecule has 1 unspecified atom stereocenters. The molecule has 1 aliphatic rings. The molecular formula is C16H15BrF3N3. The Morgan fingerprint density at radius 3 is 2.57 bits per heavy atom. The van der Waals surface area contributed by atoms with Crippen LogP contribution in [0.5, 0.6) is 0 Å². The minimum Gasteiger partial charge on any atom is -0.334 e. The summed E-state index contributed by atoms with van der Waals surface area (Å²) in [4.78, 5) is 10.5. The second kappa shape index (κ2) is 6.47. The van der Waals surface area contributed by atoms with Crippen molar-refractivity contribution in [3.8, 4) is 0 Å². The van der Waals surface area contributed by atoms with Crippen molar-refractivity contribution < 1.29 is 13.2 Å². The highest BCUT2D eigenvalue weighted by atomic mass is 79.9. The highest BCUT2D eigenvalue weighted by Crippen LogP contribution is 2.39. The summed E-state index contributed by atoms with van der Waals surface area (Å²) < 4.78 is 39.5. The van der Waals surface area contributed by atoms with Crippen LogP contribution >= 0.6 is 15.9 Å². The monoisotopic (exact) mass is 385 g/mol. The lowest BCUT2D eigenvalue weighted by Crippen LogP contribution is -2.34. The number of hydrogen-bond donors (Lipinski definition) is 0. The molecule has 1 atom stereocenters. The number of rotatable bonds is 2. The van der Waals surface area contributed by atoms with Crippen molar-refractivity contribution in [3.05, 3.63) is 52.3 Å². The van der Waals surface area contributed by atoms with Gasteiger partial charge in [0.15, 0.2) is 0 Å². The molecule has 3 rings (SSSR count). The van der Waals surface area contributed by atoms with E-state index >= 15 is 0 Å². The number of aromatic nitrogens is 2. The predicted octanol–water partition coefficient (Wildman–Crippen LogP) is 4.99. The van der Waals surface area contributed by atoms with E-state index in [1.165, 1.54) is 12.1 Å². The second-order valence-corrected chi connectivity index (χ2v) is 6.35. The molecule has 0 N–H and O–H groups in total. The molecule has 2 heterocycles. The number of alkyl halides is 3. The van der Waals surface area contributed by atoms with Crippen LogP contribution in [0.3, 0.4) is 0 Å². The maximum Gasteiger partial charge on any atom is 0.417 e. The molecule has 1 fully saturated rings. The lowest BCUT2D eigenvalue weighted by Gasteiger charge is -2.36. The Balaban J connectivity index is 1.98. The summed E-state index contributed by atoms with van der Waals surface area (Å²) >= 11 is 2.99. The zero-order valence-corrected chi connectivity index (χ0v) is 13.8. The van der Waals surface area contributed by atoms with Gasteiger partial charge in [0.05, 0.1) is 11.6 Å². The average molecular weight is 386 g/mol. The van der Waals surface area contributed by atoms with E-state index in [1.807, 2.05) is 4.90 Å². The highest BCUT2D eigenvalue weighted by molar-refractivity contribution is 9.10. The quantitative estimate of drug-likeness (QED) is 0.728. The molecule has 23 heavy (non-hydrogen) atoms. The summed E-state index contributed by atoms with van der Waals surface area (Å²) in [5, 5.41) is 0. The first kappa shape index (κ1) is 16.2. The average Bonchev–Trinajstić information content (AvgIpc) is 2.55. The topological polar surface area (TPSA) is 29.0 Å². The minimum absolute atomic E-state index is 0.0621. The van der Waals surface area contributed by atoms with E-state index in [2.05, 4.69) is 25.9 Å². The molecular weight excluding hydrogens is 371 g/mol. The van der Waals surface area contributed by atoms with Crippen molar-refractivity contribution in [2.45, 2.75) is 31.5 Å². The van der Waals surface area contributed by atoms with Gasteiger partial charge in [0.25, 0.3) is 0 Å². The van der Waals surface area contributed by atoms with Crippen molar-refractivity contribution in [2.75, 3.05) is 11.4 Å². The van der Waals surface area contributed by atoms with Crippen molar-refractivity contribution in [1.29, 1.82) is 0 Å². The van der Waals surface area contributed by atoms with Crippen LogP contribution in [0.15, 0.2) is 41.1 Å². The Labute approximate surface area is 140 Å². The van der Waals surface area contributed by atoms with Gasteiger partial charge in [-0.25, -0.2) is 9.97 Å². The number of hydrogen-bond acceptors (Lipinski definition) is 3. The second-order valence-electron chi connectivity index (χ2n) is 5.49. The van der Waals surface area contributed by atoms with E-state index in [0.717, 1.165) is 25.8 Å². The maximum atomic E-state index is 13.1. The summed E-state index contributed by atoms with van der Waals surface area (Å²) in [5.41, 5.74) is 0.00202. The molecule has 7 heteroatoms. The van der Waals surface area contributed by atoms with Crippen LogP contribution in [0.2, 0.25) is 0 Å². The SMILES string of the molecule is FC(F)(F)c1cc(C2CCCCN2c2ncccn2)ccc1Br. The first-order valence-electron chi connectivity index (χ1n) is 7.37. The summed E-state index contributed by atoms with van der Waals surface area (Å²) in [6.07, 6.45) is 1.67. The van der Waals surface area contributed by atoms with Gasteiger partial charge in [-0.3, -0.25) is 0 Å². The van der Waals surface area contributed by atoms with Gasteiger partial charge in [0.1, 0.15) is 0 Å². The van der Waals surface area contributed by atoms with Crippen molar-refractivity contribution in [2.24, 2.45) is 0 Å². The molecule has 122 valence electrons. The van der Waals surface area contributed by atoms with Gasteiger partial charge in [0.2, 0.25) is 5.95 Å². The van der Waals surface area contributed by atoms with E-state index in [9.17, 15) is 13.2 Å². The third-order valence-corrected chi connectivity index (χ3v) is 4.68. The Bertz CT molecular complexity index is 676. The fourth-order valence-electron chi connectivity index (χ4n) is 2.92. The molecule has 0 amide bonds. The van der Waals surface area contributed by atoms with Crippen LogP contribution in [-0.2, 0) is 6.18 Å². The van der Waals surface area contributed by atoms with E-state index in [0.29, 0.717) is 11.5 Å². The summed E-state index contributed by atoms with van der Waals surface area (Å²) in [6, 6.07) is 6.03. The van der Waals surface area contributed by atoms with Crippen LogP contribution in [0.1, 0.15) is 36.4 Å². The fourth-order valence-corrected chi connectivity index (χ4v) is 3.40. The summed E-state index contributed by atoms with van der Waals surface area (Å²) in [5.74, 6) is 0.564. The molecule has 0 spiro atoms. The number of halogens is 4. The van der Waals surface area contributed by atoms with Crippen LogP contribution < -0.4 is 4.90 Å². The van der Waals surface area contributed by atoms with Gasteiger partial charge in [0, 0.05) is 23.4 Å². The van der Waals surface area contributed by atoms with E-state index in [4.69, 9.17) is 0 Å². The molecule has 0 saturated carbocycles. The zero-order valence-electron chi connectivity index (χ0n) is 12.2. The number of piperidine rings is 1. The zero-order chi connectivity index (χ0) is 16.4. The Morgan fingerprint density at radius 2 is 1.87 bits per heavy atom. The molecule has 1 saturated heterocycles. The van der Waals surface area contributed by atoms with E-state index < -0.39 is 11.7 Å². The number of nitrogens with zero attached hydrogens (tertiary/aromatic N) is 3. The third kappa shape index (κ3) is 3.49. The van der Waals surface area contributed by atoms with Gasteiger partial charge in [-0.2, -0.15) is 13.2 Å². The molecule has 0 aliphatic carbocycles. The van der Waals surface area contributed by atoms with Crippen LogP contribution in [-0.4, -0.2) is 16.5 Å². The van der Waals surface area contributed by atoms with Crippen LogP contribution in [0, 0.1) is 0 Å². The molecule has 3 nitrogen and oxygen atoms in total. The summed E-state index contributed by atoms with van der Waals surface area (Å²) in [6.45, 7) is 0.742. The number of anilines is 1. The van der Waals surface area contributed by atoms with Crippen LogP contribution in [0.4, 0.5) is 19.1 Å². The van der Waals surface area contributed by atoms with Gasteiger partial charge in [-0.15, -0.1) is 0 Å². The first-order chi connectivity index (χ1) is 11.0. The highest BCUT2D eigenvalue weighted by Gasteiger charge is 2.35. The minimum atomic E-state index is -4.38. The van der Waals surface area contributed by atoms with E-state index in [1.54, 1.807) is 24.5 Å². The Hall–Kier alpha value is -1.63. The summed E-state index contributed by atoms with van der Waals surface area (Å²) in [7, 11) is 0. The Morgan fingerprint density at radius 1 is 1.13 bits per heavy atom. The lowest BCUT2D eigenvalue weighted by molar-refractivity contribution is -0.138. The maximum absolute atomic E-state index is 13.1. The van der Waals surface area contributed by atoms with Gasteiger partial charge >= 0.3 is 6.18 Å². The standard InChI is InChI=1S/C16H15BrF3N3/c17-13-6-5-11(10-12(13)16(18,19)20)14-4-1-2-9-23(14)15-21-7-3-8-22-15/h3,5-8,10,14H,1-2,4,9H2. The third-order valence-electron chi connectivity index (χ3n) is 3.99. The largest absolute Gasteiger partial charge is 0.417 e. The lowest BCUT2D eigenvalue weighted by atomic mass is 9.94. The Kier molecular flexibility index (Phi) is 4.57. The van der Waals surface area contributed by atoms with E-state index in [-0.39, 0.29) is 10.5 Å². The number of benzene rings is 1. The van der Waals surface area contributed by atoms with Gasteiger partial charge in [-0.05, 0) is 43.0 Å². The first-order valence-corrected chi connectivity index (χ1v) is 8.16. The normalized spacial score (nSPS) is 19.0. The van der Waals surface area contributed by atoms with Crippen molar-refractivity contribution in [3.63, 3.8) is 0 Å². The van der Waals surface area contributed by atoms with Gasteiger partial charge in [-0.1, -0.05) is 22.0 Å². The van der Waals surface area contributed by atoms with Crippen molar-refractivity contribution >= 4 is 21.9 Å².